The van der Waals surface area contributed by atoms with E-state index in [9.17, 15) is 19.5 Å². The van der Waals surface area contributed by atoms with Gasteiger partial charge in [0.25, 0.3) is 5.56 Å². The molecule has 1 aliphatic rings. The molecule has 0 atom stereocenters. The number of aliphatic hydroxyl groups excluding tert-OH is 1. The number of hydrogen-bond donors (Lipinski definition) is 2. The van der Waals surface area contributed by atoms with Gasteiger partial charge in [-0.05, 0) is 12.8 Å². The lowest BCUT2D eigenvalue weighted by molar-refractivity contribution is -0.124. The third kappa shape index (κ3) is 3.41. The van der Waals surface area contributed by atoms with Crippen molar-refractivity contribution in [2.24, 2.45) is 7.05 Å². The van der Waals surface area contributed by atoms with Crippen LogP contribution in [0, 0.1) is 0 Å². The lowest BCUT2D eigenvalue weighted by atomic mass is 9.82. The molecule has 1 aliphatic carbocycles. The Balaban J connectivity index is 2.10. The number of carbonyl (C=O) groups excluding carboxylic acids is 1. The van der Waals surface area contributed by atoms with Crippen molar-refractivity contribution >= 4 is 5.91 Å². The first kappa shape index (κ1) is 15.5. The number of amides is 1. The molecule has 1 aromatic rings. The van der Waals surface area contributed by atoms with E-state index in [4.69, 9.17) is 0 Å². The van der Waals surface area contributed by atoms with E-state index in [1.165, 1.54) is 23.9 Å². The third-order valence-corrected chi connectivity index (χ3v) is 4.09. The molecule has 1 aromatic heterocycles. The summed E-state index contributed by atoms with van der Waals surface area (Å²) in [4.78, 5) is 35.3. The summed E-state index contributed by atoms with van der Waals surface area (Å²) >= 11 is 0. The molecule has 0 unspecified atom stereocenters. The van der Waals surface area contributed by atoms with Gasteiger partial charge >= 0.3 is 5.69 Å². The van der Waals surface area contributed by atoms with Crippen molar-refractivity contribution < 1.29 is 9.90 Å². The van der Waals surface area contributed by atoms with Crippen molar-refractivity contribution in [3.05, 3.63) is 33.1 Å². The Bertz CT molecular complexity index is 626. The minimum absolute atomic E-state index is 0.0963. The molecule has 2 rings (SSSR count). The number of nitrogens with zero attached hydrogens (tertiary/aromatic N) is 2. The van der Waals surface area contributed by atoms with Crippen LogP contribution < -0.4 is 16.6 Å². The highest BCUT2D eigenvalue weighted by Crippen LogP contribution is 2.27. The van der Waals surface area contributed by atoms with Crippen molar-refractivity contribution in [2.75, 3.05) is 6.61 Å². The monoisotopic (exact) mass is 295 g/mol. The zero-order valence-corrected chi connectivity index (χ0v) is 12.2. The number of rotatable bonds is 4. The van der Waals surface area contributed by atoms with E-state index in [-0.39, 0.29) is 19.1 Å². The van der Waals surface area contributed by atoms with Crippen LogP contribution in [0.5, 0.6) is 0 Å². The summed E-state index contributed by atoms with van der Waals surface area (Å²) in [6.07, 6.45) is 5.87. The fraction of sp³-hybridized carbons (Fsp3) is 0.643. The van der Waals surface area contributed by atoms with E-state index in [1.54, 1.807) is 0 Å². The minimum Gasteiger partial charge on any atom is -0.394 e. The molecule has 21 heavy (non-hydrogen) atoms. The van der Waals surface area contributed by atoms with Crippen LogP contribution in [0.3, 0.4) is 0 Å². The SMILES string of the molecule is Cn1c(=O)ccn(CC(=O)NC2(CO)CCCCC2)c1=O. The van der Waals surface area contributed by atoms with E-state index in [2.05, 4.69) is 5.32 Å². The lowest BCUT2D eigenvalue weighted by Gasteiger charge is -2.36. The molecule has 7 heteroatoms. The molecule has 1 fully saturated rings. The summed E-state index contributed by atoms with van der Waals surface area (Å²) < 4.78 is 2.14. The van der Waals surface area contributed by atoms with Crippen molar-refractivity contribution in [3.8, 4) is 0 Å². The van der Waals surface area contributed by atoms with Crippen molar-refractivity contribution in [2.45, 2.75) is 44.2 Å². The highest BCUT2D eigenvalue weighted by molar-refractivity contribution is 5.76. The van der Waals surface area contributed by atoms with Crippen LogP contribution in [0.25, 0.3) is 0 Å². The van der Waals surface area contributed by atoms with Crippen LogP contribution in [-0.4, -0.2) is 32.3 Å². The number of aliphatic hydroxyl groups is 1. The zero-order chi connectivity index (χ0) is 15.5. The molecule has 1 amide bonds. The maximum atomic E-state index is 12.1. The lowest BCUT2D eigenvalue weighted by Crippen LogP contribution is -2.54. The van der Waals surface area contributed by atoms with Gasteiger partial charge in [-0.25, -0.2) is 4.79 Å². The molecule has 116 valence electrons. The van der Waals surface area contributed by atoms with Gasteiger partial charge in [-0.3, -0.25) is 18.7 Å². The molecular formula is C14H21N3O4. The Hall–Kier alpha value is -1.89. The highest BCUT2D eigenvalue weighted by Gasteiger charge is 2.32. The first-order valence-electron chi connectivity index (χ1n) is 7.16. The van der Waals surface area contributed by atoms with Gasteiger partial charge in [0.05, 0.1) is 12.1 Å². The minimum atomic E-state index is -0.570. The van der Waals surface area contributed by atoms with Crippen LogP contribution in [0.15, 0.2) is 21.9 Å². The predicted octanol–water partition coefficient (Wildman–Crippen LogP) is -0.642. The normalized spacial score (nSPS) is 17.4. The average molecular weight is 295 g/mol. The molecular weight excluding hydrogens is 274 g/mol. The average Bonchev–Trinajstić information content (AvgIpc) is 2.49. The predicted molar refractivity (Wildman–Crippen MR) is 77.0 cm³/mol. The second-order valence-corrected chi connectivity index (χ2v) is 5.67. The maximum Gasteiger partial charge on any atom is 0.331 e. The first-order chi connectivity index (χ1) is 9.97. The highest BCUT2D eigenvalue weighted by atomic mass is 16.3. The van der Waals surface area contributed by atoms with Crippen molar-refractivity contribution in [3.63, 3.8) is 0 Å². The summed E-state index contributed by atoms with van der Waals surface area (Å²) in [6, 6.07) is 1.25. The van der Waals surface area contributed by atoms with Crippen LogP contribution in [0.4, 0.5) is 0 Å². The molecule has 1 heterocycles. The number of hydrogen-bond acceptors (Lipinski definition) is 4. The largest absolute Gasteiger partial charge is 0.394 e. The molecule has 0 aliphatic heterocycles. The number of carbonyl (C=O) groups is 1. The van der Waals surface area contributed by atoms with Gasteiger partial charge in [0.2, 0.25) is 5.91 Å². The molecule has 0 saturated heterocycles. The van der Waals surface area contributed by atoms with Gasteiger partial charge in [-0.15, -0.1) is 0 Å². The van der Waals surface area contributed by atoms with E-state index in [0.29, 0.717) is 0 Å². The Morgan fingerprint density at radius 2 is 2.00 bits per heavy atom. The van der Waals surface area contributed by atoms with E-state index in [1.807, 2.05) is 0 Å². The van der Waals surface area contributed by atoms with Crippen LogP contribution >= 0.6 is 0 Å². The molecule has 7 nitrogen and oxygen atoms in total. The summed E-state index contributed by atoms with van der Waals surface area (Å²) in [5, 5.41) is 12.4. The summed E-state index contributed by atoms with van der Waals surface area (Å²) in [6.45, 7) is -0.254. The second kappa shape index (κ2) is 6.26. The third-order valence-electron chi connectivity index (χ3n) is 4.09. The smallest absolute Gasteiger partial charge is 0.331 e. The molecule has 1 saturated carbocycles. The summed E-state index contributed by atoms with van der Waals surface area (Å²) in [5.41, 5.74) is -1.50. The van der Waals surface area contributed by atoms with Gasteiger partial charge < -0.3 is 10.4 Å². The molecule has 0 spiro atoms. The van der Waals surface area contributed by atoms with Gasteiger partial charge in [-0.1, -0.05) is 19.3 Å². The molecule has 0 radical (unpaired) electrons. The Morgan fingerprint density at radius 3 is 2.62 bits per heavy atom. The summed E-state index contributed by atoms with van der Waals surface area (Å²) in [5.74, 6) is -0.327. The van der Waals surface area contributed by atoms with Gasteiger partial charge in [0.1, 0.15) is 6.54 Å². The standard InChI is InChI=1S/C14H21N3O4/c1-16-12(20)5-8-17(13(16)21)9-11(19)15-14(10-18)6-3-2-4-7-14/h5,8,18H,2-4,6-7,9-10H2,1H3,(H,15,19). The van der Waals surface area contributed by atoms with Crippen molar-refractivity contribution in [1.29, 1.82) is 0 Å². The van der Waals surface area contributed by atoms with E-state index in [0.717, 1.165) is 36.7 Å². The van der Waals surface area contributed by atoms with Gasteiger partial charge in [0.15, 0.2) is 0 Å². The first-order valence-corrected chi connectivity index (χ1v) is 7.16. The van der Waals surface area contributed by atoms with Crippen LogP contribution in [0.2, 0.25) is 0 Å². The number of aromatic nitrogens is 2. The molecule has 0 aromatic carbocycles. The Kier molecular flexibility index (Phi) is 4.62. The summed E-state index contributed by atoms with van der Waals surface area (Å²) in [7, 11) is 1.37. The van der Waals surface area contributed by atoms with Crippen molar-refractivity contribution in [1.82, 2.24) is 14.5 Å². The molecule has 0 bridgehead atoms. The quantitative estimate of drug-likeness (QED) is 0.772. The fourth-order valence-corrected chi connectivity index (χ4v) is 2.78. The van der Waals surface area contributed by atoms with Crippen LogP contribution in [0.1, 0.15) is 32.1 Å². The Morgan fingerprint density at radius 1 is 1.33 bits per heavy atom. The van der Waals surface area contributed by atoms with E-state index < -0.39 is 16.8 Å². The number of nitrogens with one attached hydrogen (secondary N) is 1. The van der Waals surface area contributed by atoms with Gasteiger partial charge in [-0.2, -0.15) is 0 Å². The second-order valence-electron chi connectivity index (χ2n) is 5.67. The topological polar surface area (TPSA) is 93.3 Å². The maximum absolute atomic E-state index is 12.1. The van der Waals surface area contributed by atoms with Crippen LogP contribution in [-0.2, 0) is 18.4 Å². The Labute approximate surface area is 122 Å². The fourth-order valence-electron chi connectivity index (χ4n) is 2.78. The molecule has 2 N–H and O–H groups in total. The zero-order valence-electron chi connectivity index (χ0n) is 12.2. The van der Waals surface area contributed by atoms with E-state index >= 15 is 0 Å². The van der Waals surface area contributed by atoms with Gasteiger partial charge in [0, 0.05) is 19.3 Å².